The molecular weight excluding hydrogens is 276 g/mol. The number of hydrogen-bond acceptors (Lipinski definition) is 3. The molecule has 4 atom stereocenters. The molecule has 4 nitrogen and oxygen atoms in total. The first-order valence-corrected chi connectivity index (χ1v) is 8.08. The fraction of sp³-hybridized carbons (Fsp3) is 0.722. The highest BCUT2D eigenvalue weighted by Gasteiger charge is 2.26. The van der Waals surface area contributed by atoms with Crippen molar-refractivity contribution in [1.29, 1.82) is 0 Å². The summed E-state index contributed by atoms with van der Waals surface area (Å²) < 4.78 is 0. The van der Waals surface area contributed by atoms with Crippen LogP contribution in [0.4, 0.5) is 0 Å². The standard InChI is InChI=1S/C18H34N2O2/c1-10(2)13(7)16(11(3)4)19-14(8)15(9)20-17(12(5)6)18(21)22/h10,12-13,15-17,19-20H,3,8H2,1-2,4-7,9H3,(H,21,22)/t13-,15?,16?,17?/m0/s1. The van der Waals surface area contributed by atoms with Crippen LogP contribution in [0.1, 0.15) is 48.5 Å². The second kappa shape index (κ2) is 8.99. The van der Waals surface area contributed by atoms with Gasteiger partial charge in [-0.3, -0.25) is 10.1 Å². The van der Waals surface area contributed by atoms with Crippen LogP contribution in [0.5, 0.6) is 0 Å². The van der Waals surface area contributed by atoms with E-state index in [-0.39, 0.29) is 18.0 Å². The van der Waals surface area contributed by atoms with Gasteiger partial charge in [0, 0.05) is 17.8 Å². The van der Waals surface area contributed by atoms with Crippen molar-refractivity contribution in [3.63, 3.8) is 0 Å². The molecule has 0 spiro atoms. The summed E-state index contributed by atoms with van der Waals surface area (Å²) in [6.45, 7) is 22.5. The van der Waals surface area contributed by atoms with Crippen molar-refractivity contribution >= 4 is 5.97 Å². The van der Waals surface area contributed by atoms with Crippen molar-refractivity contribution in [3.8, 4) is 0 Å². The molecule has 0 saturated carbocycles. The Morgan fingerprint density at radius 3 is 1.77 bits per heavy atom. The fourth-order valence-electron chi connectivity index (χ4n) is 2.33. The summed E-state index contributed by atoms with van der Waals surface area (Å²) in [5.41, 5.74) is 1.86. The maximum absolute atomic E-state index is 11.3. The van der Waals surface area contributed by atoms with E-state index in [4.69, 9.17) is 0 Å². The van der Waals surface area contributed by atoms with Gasteiger partial charge in [0.25, 0.3) is 0 Å². The highest BCUT2D eigenvalue weighted by atomic mass is 16.4. The Labute approximate surface area is 136 Å². The number of carboxylic acids is 1. The van der Waals surface area contributed by atoms with Crippen molar-refractivity contribution < 1.29 is 9.90 Å². The first-order chi connectivity index (χ1) is 9.98. The Hall–Kier alpha value is -1.29. The normalized spacial score (nSPS) is 17.0. The van der Waals surface area contributed by atoms with Crippen LogP contribution in [-0.2, 0) is 4.79 Å². The van der Waals surface area contributed by atoms with E-state index in [9.17, 15) is 9.90 Å². The van der Waals surface area contributed by atoms with Crippen LogP contribution in [-0.4, -0.2) is 29.2 Å². The number of carbonyl (C=O) groups is 1. The largest absolute Gasteiger partial charge is 0.480 e. The number of nitrogens with one attached hydrogen (secondary N) is 2. The minimum absolute atomic E-state index is 0.0132. The lowest BCUT2D eigenvalue weighted by atomic mass is 9.86. The Kier molecular flexibility index (Phi) is 8.46. The van der Waals surface area contributed by atoms with Crippen LogP contribution in [0, 0.1) is 17.8 Å². The van der Waals surface area contributed by atoms with E-state index in [1.54, 1.807) is 0 Å². The van der Waals surface area contributed by atoms with E-state index in [0.29, 0.717) is 11.8 Å². The third-order valence-electron chi connectivity index (χ3n) is 4.33. The van der Waals surface area contributed by atoms with Gasteiger partial charge in [-0.2, -0.15) is 0 Å². The minimum atomic E-state index is -0.832. The molecule has 0 aromatic heterocycles. The van der Waals surface area contributed by atoms with Gasteiger partial charge < -0.3 is 10.4 Å². The van der Waals surface area contributed by atoms with Crippen molar-refractivity contribution in [3.05, 3.63) is 24.4 Å². The zero-order valence-electron chi connectivity index (χ0n) is 15.2. The van der Waals surface area contributed by atoms with E-state index in [1.165, 1.54) is 0 Å². The second-order valence-corrected chi connectivity index (χ2v) is 7.05. The molecule has 0 saturated heterocycles. The van der Waals surface area contributed by atoms with Gasteiger partial charge in [0.1, 0.15) is 6.04 Å². The van der Waals surface area contributed by atoms with Crippen LogP contribution in [0.3, 0.4) is 0 Å². The molecule has 4 heteroatoms. The van der Waals surface area contributed by atoms with Crippen LogP contribution in [0.2, 0.25) is 0 Å². The van der Waals surface area contributed by atoms with Crippen LogP contribution >= 0.6 is 0 Å². The first-order valence-electron chi connectivity index (χ1n) is 8.08. The molecule has 0 aliphatic heterocycles. The molecule has 0 heterocycles. The van der Waals surface area contributed by atoms with Gasteiger partial charge >= 0.3 is 5.97 Å². The summed E-state index contributed by atoms with van der Waals surface area (Å²) >= 11 is 0. The zero-order valence-corrected chi connectivity index (χ0v) is 15.2. The lowest BCUT2D eigenvalue weighted by Gasteiger charge is -2.33. The fourth-order valence-corrected chi connectivity index (χ4v) is 2.33. The maximum atomic E-state index is 11.3. The van der Waals surface area contributed by atoms with Crippen molar-refractivity contribution in [2.24, 2.45) is 17.8 Å². The topological polar surface area (TPSA) is 61.4 Å². The van der Waals surface area contributed by atoms with E-state index >= 15 is 0 Å². The van der Waals surface area contributed by atoms with Crippen LogP contribution < -0.4 is 10.6 Å². The number of hydrogen-bond donors (Lipinski definition) is 3. The Bertz CT molecular complexity index is 402. The van der Waals surface area contributed by atoms with Crippen LogP contribution in [0.25, 0.3) is 0 Å². The highest BCUT2D eigenvalue weighted by Crippen LogP contribution is 2.20. The van der Waals surface area contributed by atoms with E-state index < -0.39 is 12.0 Å². The number of rotatable bonds is 10. The third kappa shape index (κ3) is 6.22. The SMILES string of the molecule is C=C(NC(C(=C)C)[C@@H](C)C(C)C)C(C)NC(C(=O)O)C(C)C. The second-order valence-electron chi connectivity index (χ2n) is 7.05. The molecule has 128 valence electrons. The molecule has 0 aromatic rings. The van der Waals surface area contributed by atoms with E-state index in [1.807, 2.05) is 27.7 Å². The molecular formula is C18H34N2O2. The van der Waals surface area contributed by atoms with E-state index in [2.05, 4.69) is 44.6 Å². The summed E-state index contributed by atoms with van der Waals surface area (Å²) in [5.74, 6) is 0.121. The van der Waals surface area contributed by atoms with Gasteiger partial charge in [0.05, 0.1) is 0 Å². The van der Waals surface area contributed by atoms with Gasteiger partial charge in [0.2, 0.25) is 0 Å². The van der Waals surface area contributed by atoms with Gasteiger partial charge in [-0.05, 0) is 31.6 Å². The van der Waals surface area contributed by atoms with Gasteiger partial charge in [-0.25, -0.2) is 0 Å². The molecule has 0 aliphatic carbocycles. The van der Waals surface area contributed by atoms with Gasteiger partial charge in [-0.15, -0.1) is 0 Å². The molecule has 0 amide bonds. The lowest BCUT2D eigenvalue weighted by molar-refractivity contribution is -0.140. The molecule has 3 unspecified atom stereocenters. The molecule has 0 aromatic carbocycles. The predicted molar refractivity (Wildman–Crippen MR) is 93.7 cm³/mol. The molecule has 0 rings (SSSR count). The predicted octanol–water partition coefficient (Wildman–Crippen LogP) is 3.41. The quantitative estimate of drug-likeness (QED) is 0.541. The zero-order chi connectivity index (χ0) is 17.6. The van der Waals surface area contributed by atoms with Gasteiger partial charge in [-0.1, -0.05) is 53.3 Å². The average Bonchev–Trinajstić information content (AvgIpc) is 2.39. The molecule has 0 bridgehead atoms. The maximum Gasteiger partial charge on any atom is 0.320 e. The first kappa shape index (κ1) is 20.7. The molecule has 0 radical (unpaired) electrons. The Morgan fingerprint density at radius 2 is 1.45 bits per heavy atom. The van der Waals surface area contributed by atoms with Crippen molar-refractivity contribution in [2.45, 2.75) is 66.6 Å². The third-order valence-corrected chi connectivity index (χ3v) is 4.33. The summed E-state index contributed by atoms with van der Waals surface area (Å²) in [7, 11) is 0. The Morgan fingerprint density at radius 1 is 0.955 bits per heavy atom. The summed E-state index contributed by atoms with van der Waals surface area (Å²) in [6.07, 6.45) is 0. The summed E-state index contributed by atoms with van der Waals surface area (Å²) in [4.78, 5) is 11.3. The summed E-state index contributed by atoms with van der Waals surface area (Å²) in [5, 5.41) is 15.8. The summed E-state index contributed by atoms with van der Waals surface area (Å²) in [6, 6.07) is -0.580. The Balaban J connectivity index is 4.87. The van der Waals surface area contributed by atoms with Crippen LogP contribution in [0.15, 0.2) is 24.4 Å². The molecule has 0 aliphatic rings. The molecule has 22 heavy (non-hydrogen) atoms. The van der Waals surface area contributed by atoms with Gasteiger partial charge in [0.15, 0.2) is 0 Å². The minimum Gasteiger partial charge on any atom is -0.480 e. The number of carboxylic acid groups (broad SMARTS) is 1. The van der Waals surface area contributed by atoms with Crippen molar-refractivity contribution in [1.82, 2.24) is 10.6 Å². The highest BCUT2D eigenvalue weighted by molar-refractivity contribution is 5.73. The lowest BCUT2D eigenvalue weighted by Crippen LogP contribution is -2.49. The monoisotopic (exact) mass is 310 g/mol. The average molecular weight is 310 g/mol. The van der Waals surface area contributed by atoms with E-state index in [0.717, 1.165) is 11.3 Å². The smallest absolute Gasteiger partial charge is 0.320 e. The molecule has 3 N–H and O–H groups in total. The van der Waals surface area contributed by atoms with Crippen molar-refractivity contribution in [2.75, 3.05) is 0 Å². The number of aliphatic carboxylic acids is 1. The molecule has 0 fully saturated rings.